The number of ether oxygens (including phenoxy) is 2. The summed E-state index contributed by atoms with van der Waals surface area (Å²) in [7, 11) is 1.35. The van der Waals surface area contributed by atoms with E-state index in [1.54, 1.807) is 0 Å². The normalized spacial score (nSPS) is 14.9. The Morgan fingerprint density at radius 1 is 1.40 bits per heavy atom. The van der Waals surface area contributed by atoms with Crippen LogP contribution in [-0.2, 0) is 14.3 Å². The van der Waals surface area contributed by atoms with E-state index in [2.05, 4.69) is 25.0 Å². The summed E-state index contributed by atoms with van der Waals surface area (Å²) in [4.78, 5) is 25.4. The molecule has 0 spiro atoms. The number of morpholine rings is 1. The fraction of sp³-hybridized carbons (Fsp3) is 0.636. The fourth-order valence-corrected chi connectivity index (χ4v) is 1.74. The SMILES string of the molecule is COC(=O)CCNc1nc(N)nc(N2CCOCC2)n1. The number of anilines is 3. The van der Waals surface area contributed by atoms with E-state index >= 15 is 0 Å². The van der Waals surface area contributed by atoms with Crippen LogP contribution in [0.3, 0.4) is 0 Å². The second-order valence-corrected chi connectivity index (χ2v) is 4.17. The highest BCUT2D eigenvalue weighted by Crippen LogP contribution is 2.13. The van der Waals surface area contributed by atoms with E-state index in [1.165, 1.54) is 7.11 Å². The minimum atomic E-state index is -0.298. The minimum Gasteiger partial charge on any atom is -0.469 e. The number of nitrogens with zero attached hydrogens (tertiary/aromatic N) is 4. The van der Waals surface area contributed by atoms with Crippen molar-refractivity contribution in [2.24, 2.45) is 0 Å². The molecule has 1 saturated heterocycles. The van der Waals surface area contributed by atoms with E-state index in [0.29, 0.717) is 44.7 Å². The molecule has 0 unspecified atom stereocenters. The highest BCUT2D eigenvalue weighted by atomic mass is 16.5. The van der Waals surface area contributed by atoms with Gasteiger partial charge in [-0.1, -0.05) is 0 Å². The number of methoxy groups -OCH3 is 1. The third-order valence-corrected chi connectivity index (χ3v) is 2.77. The van der Waals surface area contributed by atoms with Gasteiger partial charge in [-0.25, -0.2) is 0 Å². The van der Waals surface area contributed by atoms with Crippen molar-refractivity contribution in [1.29, 1.82) is 0 Å². The molecule has 1 aromatic rings. The smallest absolute Gasteiger partial charge is 0.307 e. The van der Waals surface area contributed by atoms with Crippen LogP contribution in [-0.4, -0.2) is 60.9 Å². The summed E-state index contributed by atoms with van der Waals surface area (Å²) in [5, 5.41) is 2.93. The zero-order chi connectivity index (χ0) is 14.4. The molecule has 1 fully saturated rings. The first-order valence-corrected chi connectivity index (χ1v) is 6.34. The number of carbonyl (C=O) groups excluding carboxylic acids is 1. The first-order valence-electron chi connectivity index (χ1n) is 6.34. The molecule has 9 nitrogen and oxygen atoms in total. The Balaban J connectivity index is 1.98. The zero-order valence-electron chi connectivity index (χ0n) is 11.3. The molecule has 0 atom stereocenters. The molecule has 3 N–H and O–H groups in total. The van der Waals surface area contributed by atoms with E-state index in [1.807, 2.05) is 4.90 Å². The van der Waals surface area contributed by atoms with E-state index < -0.39 is 0 Å². The van der Waals surface area contributed by atoms with Crippen molar-refractivity contribution in [2.45, 2.75) is 6.42 Å². The monoisotopic (exact) mass is 282 g/mol. The van der Waals surface area contributed by atoms with Crippen LogP contribution in [0.4, 0.5) is 17.8 Å². The number of esters is 1. The Bertz CT molecular complexity index is 463. The van der Waals surface area contributed by atoms with Crippen LogP contribution in [0.1, 0.15) is 6.42 Å². The Hall–Kier alpha value is -2.16. The van der Waals surface area contributed by atoms with E-state index in [-0.39, 0.29) is 18.3 Å². The predicted octanol–water partition coefficient (Wildman–Crippen LogP) is -0.735. The van der Waals surface area contributed by atoms with Gasteiger partial charge in [-0.3, -0.25) is 4.79 Å². The van der Waals surface area contributed by atoms with Crippen molar-refractivity contribution >= 4 is 23.8 Å². The second kappa shape index (κ2) is 6.85. The van der Waals surface area contributed by atoms with Gasteiger partial charge in [0.05, 0.1) is 26.7 Å². The third-order valence-electron chi connectivity index (χ3n) is 2.77. The van der Waals surface area contributed by atoms with Crippen molar-refractivity contribution in [3.63, 3.8) is 0 Å². The number of carbonyl (C=O) groups is 1. The summed E-state index contributed by atoms with van der Waals surface area (Å²) in [5.41, 5.74) is 5.67. The van der Waals surface area contributed by atoms with Gasteiger partial charge in [0.1, 0.15) is 0 Å². The van der Waals surface area contributed by atoms with Crippen molar-refractivity contribution in [1.82, 2.24) is 15.0 Å². The van der Waals surface area contributed by atoms with Crippen molar-refractivity contribution in [3.8, 4) is 0 Å². The molecule has 0 aromatic carbocycles. The number of rotatable bonds is 5. The average molecular weight is 282 g/mol. The molecule has 0 radical (unpaired) electrons. The van der Waals surface area contributed by atoms with Gasteiger partial charge in [0.25, 0.3) is 0 Å². The molecule has 2 heterocycles. The topological polar surface area (TPSA) is 115 Å². The van der Waals surface area contributed by atoms with Gasteiger partial charge in [0, 0.05) is 19.6 Å². The van der Waals surface area contributed by atoms with Gasteiger partial charge in [0.2, 0.25) is 17.8 Å². The predicted molar refractivity (Wildman–Crippen MR) is 72.4 cm³/mol. The molecule has 1 aliphatic heterocycles. The summed E-state index contributed by atoms with van der Waals surface area (Å²) in [6.07, 6.45) is 0.231. The van der Waals surface area contributed by atoms with Crippen LogP contribution in [0.2, 0.25) is 0 Å². The molecular weight excluding hydrogens is 264 g/mol. The largest absolute Gasteiger partial charge is 0.469 e. The second-order valence-electron chi connectivity index (χ2n) is 4.17. The lowest BCUT2D eigenvalue weighted by Crippen LogP contribution is -2.37. The summed E-state index contributed by atoms with van der Waals surface area (Å²) >= 11 is 0. The highest BCUT2D eigenvalue weighted by molar-refractivity contribution is 5.69. The molecule has 0 aliphatic carbocycles. The van der Waals surface area contributed by atoms with Crippen LogP contribution in [0.5, 0.6) is 0 Å². The van der Waals surface area contributed by atoms with Crippen molar-refractivity contribution in [3.05, 3.63) is 0 Å². The lowest BCUT2D eigenvalue weighted by Gasteiger charge is -2.26. The molecule has 9 heteroatoms. The van der Waals surface area contributed by atoms with Gasteiger partial charge in [-0.05, 0) is 0 Å². The zero-order valence-corrected chi connectivity index (χ0v) is 11.3. The molecular formula is C11H18N6O3. The minimum absolute atomic E-state index is 0.141. The number of aromatic nitrogens is 3. The van der Waals surface area contributed by atoms with Crippen molar-refractivity contribution < 1.29 is 14.3 Å². The fourth-order valence-electron chi connectivity index (χ4n) is 1.74. The van der Waals surface area contributed by atoms with Gasteiger partial charge in [-0.2, -0.15) is 15.0 Å². The van der Waals surface area contributed by atoms with Crippen LogP contribution in [0.25, 0.3) is 0 Å². The highest BCUT2D eigenvalue weighted by Gasteiger charge is 2.15. The summed E-state index contributed by atoms with van der Waals surface area (Å²) in [6.45, 7) is 3.07. The number of nitrogens with one attached hydrogen (secondary N) is 1. The van der Waals surface area contributed by atoms with Gasteiger partial charge >= 0.3 is 5.97 Å². The van der Waals surface area contributed by atoms with E-state index in [0.717, 1.165) is 0 Å². The molecule has 0 saturated carbocycles. The molecule has 1 aliphatic rings. The Morgan fingerprint density at radius 3 is 2.85 bits per heavy atom. The van der Waals surface area contributed by atoms with Crippen LogP contribution >= 0.6 is 0 Å². The van der Waals surface area contributed by atoms with Crippen molar-refractivity contribution in [2.75, 3.05) is 55.9 Å². The lowest BCUT2D eigenvalue weighted by molar-refractivity contribution is -0.140. The summed E-state index contributed by atoms with van der Waals surface area (Å²) < 4.78 is 9.83. The molecule has 110 valence electrons. The number of nitrogens with two attached hydrogens (primary N) is 1. The Labute approximate surface area is 116 Å². The number of hydrogen-bond acceptors (Lipinski definition) is 9. The first kappa shape index (κ1) is 14.3. The van der Waals surface area contributed by atoms with Crippen LogP contribution < -0.4 is 16.0 Å². The average Bonchev–Trinajstić information content (AvgIpc) is 2.47. The Kier molecular flexibility index (Phi) is 4.88. The molecule has 0 amide bonds. The molecule has 1 aromatic heterocycles. The van der Waals surface area contributed by atoms with E-state index in [4.69, 9.17) is 10.5 Å². The Morgan fingerprint density at radius 2 is 2.15 bits per heavy atom. The van der Waals surface area contributed by atoms with E-state index in [9.17, 15) is 4.79 Å². The van der Waals surface area contributed by atoms with Crippen LogP contribution in [0, 0.1) is 0 Å². The number of hydrogen-bond donors (Lipinski definition) is 2. The van der Waals surface area contributed by atoms with Gasteiger partial charge in [0.15, 0.2) is 0 Å². The first-order chi connectivity index (χ1) is 9.69. The maximum absolute atomic E-state index is 11.0. The molecule has 2 rings (SSSR count). The third kappa shape index (κ3) is 3.92. The van der Waals surface area contributed by atoms with Gasteiger partial charge < -0.3 is 25.4 Å². The standard InChI is InChI=1S/C11H18N6O3/c1-19-8(18)2-3-13-10-14-9(12)15-11(16-10)17-4-6-20-7-5-17/h2-7H2,1H3,(H3,12,13,14,15,16). The maximum Gasteiger partial charge on any atom is 0.307 e. The number of nitrogen functional groups attached to an aromatic ring is 1. The quantitative estimate of drug-likeness (QED) is 0.674. The maximum atomic E-state index is 11.0. The van der Waals surface area contributed by atoms with Gasteiger partial charge in [-0.15, -0.1) is 0 Å². The molecule has 20 heavy (non-hydrogen) atoms. The summed E-state index contributed by atoms with van der Waals surface area (Å²) in [6, 6.07) is 0. The summed E-state index contributed by atoms with van der Waals surface area (Å²) in [5.74, 6) is 0.708. The molecule has 0 bridgehead atoms. The van der Waals surface area contributed by atoms with Crippen LogP contribution in [0.15, 0.2) is 0 Å². The lowest BCUT2D eigenvalue weighted by atomic mass is 10.4.